The third-order valence-electron chi connectivity index (χ3n) is 5.45. The maximum absolute atomic E-state index is 14.3. The quantitative estimate of drug-likeness (QED) is 0.603. The van der Waals surface area contributed by atoms with Gasteiger partial charge in [-0.15, -0.1) is 0 Å². The Morgan fingerprint density at radius 3 is 2.70 bits per heavy atom. The van der Waals surface area contributed by atoms with Gasteiger partial charge in [0, 0.05) is 39.0 Å². The molecule has 0 spiro atoms. The molecule has 11 heteroatoms. The number of hydrogen-bond donors (Lipinski definition) is 2. The third-order valence-corrected chi connectivity index (χ3v) is 7.37. The van der Waals surface area contributed by atoms with Crippen LogP contribution in [-0.4, -0.2) is 73.8 Å². The molecule has 2 aromatic rings. The molecule has 1 saturated heterocycles. The molecule has 0 saturated carbocycles. The molecule has 0 unspecified atom stereocenters. The van der Waals surface area contributed by atoms with Gasteiger partial charge < -0.3 is 15.4 Å². The normalized spacial score (nSPS) is 17.6. The van der Waals surface area contributed by atoms with Crippen LogP contribution in [0.1, 0.15) is 18.2 Å². The second-order valence-electron chi connectivity index (χ2n) is 7.94. The first kappa shape index (κ1) is 25.0. The van der Waals surface area contributed by atoms with E-state index in [1.807, 2.05) is 6.92 Å². The van der Waals surface area contributed by atoms with E-state index in [9.17, 15) is 17.6 Å². The van der Waals surface area contributed by atoms with Gasteiger partial charge in [-0.1, -0.05) is 6.07 Å². The standard InChI is InChI=1S/C22H30FN5O4S/c1-4-33(30,31)28-10-9-27(14-19(28)15-32-3)13-17-6-8-20(23)21(11-17)26-22(29)25-18-7-5-16(2)24-12-18/h5-8,11-12,19H,4,9-10,13-15H2,1-3H3,(H2,25,26,29)/t19-/m1/s1. The second kappa shape index (κ2) is 11.0. The summed E-state index contributed by atoms with van der Waals surface area (Å²) in [7, 11) is -1.78. The molecule has 1 aromatic carbocycles. The largest absolute Gasteiger partial charge is 0.383 e. The molecule has 3 rings (SSSR count). The molecule has 33 heavy (non-hydrogen) atoms. The molecule has 9 nitrogen and oxygen atoms in total. The molecule has 1 aliphatic heterocycles. The number of sulfonamides is 1. The SMILES string of the molecule is CCS(=O)(=O)N1CCN(Cc2ccc(F)c(NC(=O)Nc3ccc(C)nc3)c2)C[C@@H]1COC. The number of aryl methyl sites for hydroxylation is 1. The van der Waals surface area contributed by atoms with E-state index in [0.717, 1.165) is 11.3 Å². The monoisotopic (exact) mass is 479 g/mol. The van der Waals surface area contributed by atoms with Crippen molar-refractivity contribution in [1.29, 1.82) is 0 Å². The summed E-state index contributed by atoms with van der Waals surface area (Å²) < 4.78 is 45.9. The molecule has 0 aliphatic carbocycles. The number of aromatic nitrogens is 1. The first-order valence-electron chi connectivity index (χ1n) is 10.7. The van der Waals surface area contributed by atoms with Gasteiger partial charge in [0.15, 0.2) is 0 Å². The Morgan fingerprint density at radius 1 is 1.24 bits per heavy atom. The third kappa shape index (κ3) is 6.70. The lowest BCUT2D eigenvalue weighted by Crippen LogP contribution is -2.56. The van der Waals surface area contributed by atoms with Gasteiger partial charge in [0.25, 0.3) is 0 Å². The maximum Gasteiger partial charge on any atom is 0.323 e. The Labute approximate surface area is 194 Å². The van der Waals surface area contributed by atoms with Crippen LogP contribution in [-0.2, 0) is 21.3 Å². The van der Waals surface area contributed by atoms with Crippen molar-refractivity contribution in [3.8, 4) is 0 Å². The fourth-order valence-corrected chi connectivity index (χ4v) is 5.03. The van der Waals surface area contributed by atoms with Crippen LogP contribution in [0.3, 0.4) is 0 Å². The molecule has 0 radical (unpaired) electrons. The first-order valence-corrected chi connectivity index (χ1v) is 12.3. The van der Waals surface area contributed by atoms with Crippen molar-refractivity contribution in [2.24, 2.45) is 0 Å². The Hall–Kier alpha value is -2.60. The van der Waals surface area contributed by atoms with Crippen molar-refractivity contribution in [2.45, 2.75) is 26.4 Å². The molecule has 2 N–H and O–H groups in total. The van der Waals surface area contributed by atoms with Gasteiger partial charge in [0.05, 0.1) is 36.0 Å². The van der Waals surface area contributed by atoms with E-state index in [4.69, 9.17) is 4.74 Å². The number of benzene rings is 1. The highest BCUT2D eigenvalue weighted by atomic mass is 32.2. The Balaban J connectivity index is 1.65. The number of nitrogens with zero attached hydrogens (tertiary/aromatic N) is 3. The predicted octanol–water partition coefficient (Wildman–Crippen LogP) is 2.66. The zero-order valence-electron chi connectivity index (χ0n) is 19.0. The van der Waals surface area contributed by atoms with Gasteiger partial charge in [-0.2, -0.15) is 4.31 Å². The van der Waals surface area contributed by atoms with Gasteiger partial charge >= 0.3 is 6.03 Å². The van der Waals surface area contributed by atoms with E-state index in [-0.39, 0.29) is 17.5 Å². The molecule has 1 aliphatic rings. The van der Waals surface area contributed by atoms with Crippen LogP contribution in [0, 0.1) is 12.7 Å². The minimum absolute atomic E-state index is 0.0426. The zero-order chi connectivity index (χ0) is 24.0. The van der Waals surface area contributed by atoms with Crippen molar-refractivity contribution in [3.63, 3.8) is 0 Å². The Bertz CT molecular complexity index is 1060. The van der Waals surface area contributed by atoms with Crippen LogP contribution in [0.2, 0.25) is 0 Å². The summed E-state index contributed by atoms with van der Waals surface area (Å²) in [6.45, 7) is 5.64. The van der Waals surface area contributed by atoms with E-state index < -0.39 is 21.9 Å². The van der Waals surface area contributed by atoms with Crippen LogP contribution in [0.25, 0.3) is 0 Å². The van der Waals surface area contributed by atoms with Crippen molar-refractivity contribution in [2.75, 3.05) is 49.7 Å². The van der Waals surface area contributed by atoms with E-state index >= 15 is 0 Å². The lowest BCUT2D eigenvalue weighted by Gasteiger charge is -2.40. The Morgan fingerprint density at radius 2 is 2.03 bits per heavy atom. The topological polar surface area (TPSA) is 104 Å². The molecule has 2 heterocycles. The van der Waals surface area contributed by atoms with Crippen LogP contribution in [0.4, 0.5) is 20.6 Å². The Kier molecular flexibility index (Phi) is 8.35. The molecule has 1 aromatic heterocycles. The second-order valence-corrected chi connectivity index (χ2v) is 10.1. The molecule has 2 amide bonds. The summed E-state index contributed by atoms with van der Waals surface area (Å²) >= 11 is 0. The number of pyridine rings is 1. The van der Waals surface area contributed by atoms with Crippen LogP contribution in [0.5, 0.6) is 0 Å². The van der Waals surface area contributed by atoms with Crippen LogP contribution >= 0.6 is 0 Å². The van der Waals surface area contributed by atoms with E-state index in [1.165, 1.54) is 16.6 Å². The number of carbonyl (C=O) groups excluding carboxylic acids is 1. The average Bonchev–Trinajstić information content (AvgIpc) is 2.78. The highest BCUT2D eigenvalue weighted by Crippen LogP contribution is 2.21. The van der Waals surface area contributed by atoms with Gasteiger partial charge in [-0.3, -0.25) is 9.88 Å². The summed E-state index contributed by atoms with van der Waals surface area (Å²) in [4.78, 5) is 18.5. The zero-order valence-corrected chi connectivity index (χ0v) is 19.9. The number of anilines is 2. The van der Waals surface area contributed by atoms with Crippen molar-refractivity contribution < 1.29 is 22.3 Å². The molecule has 0 bridgehead atoms. The smallest absolute Gasteiger partial charge is 0.323 e. The summed E-state index contributed by atoms with van der Waals surface area (Å²) in [5.74, 6) is -0.506. The minimum atomic E-state index is -3.32. The molecule has 1 atom stereocenters. The highest BCUT2D eigenvalue weighted by Gasteiger charge is 2.34. The van der Waals surface area contributed by atoms with Crippen molar-refractivity contribution in [1.82, 2.24) is 14.2 Å². The molecule has 180 valence electrons. The van der Waals surface area contributed by atoms with Gasteiger partial charge in [-0.25, -0.2) is 17.6 Å². The fraction of sp³-hybridized carbons (Fsp3) is 0.455. The molecular formula is C22H30FN5O4S. The van der Waals surface area contributed by atoms with E-state index in [2.05, 4.69) is 20.5 Å². The number of rotatable bonds is 8. The summed E-state index contributed by atoms with van der Waals surface area (Å²) in [5, 5.41) is 5.16. The molecular weight excluding hydrogens is 449 g/mol. The van der Waals surface area contributed by atoms with Crippen LogP contribution in [0.15, 0.2) is 36.5 Å². The summed E-state index contributed by atoms with van der Waals surface area (Å²) in [6, 6.07) is 7.16. The van der Waals surface area contributed by atoms with Crippen molar-refractivity contribution >= 4 is 27.4 Å². The number of amides is 2. The number of hydrogen-bond acceptors (Lipinski definition) is 6. The summed E-state index contributed by atoms with van der Waals surface area (Å²) in [5.41, 5.74) is 2.18. The average molecular weight is 480 g/mol. The van der Waals surface area contributed by atoms with Crippen molar-refractivity contribution in [3.05, 3.63) is 53.6 Å². The van der Waals surface area contributed by atoms with Crippen LogP contribution < -0.4 is 10.6 Å². The lowest BCUT2D eigenvalue weighted by atomic mass is 10.1. The van der Waals surface area contributed by atoms with E-state index in [1.54, 1.807) is 38.3 Å². The highest BCUT2D eigenvalue weighted by molar-refractivity contribution is 7.89. The van der Waals surface area contributed by atoms with Gasteiger partial charge in [0.1, 0.15) is 5.82 Å². The number of halogens is 1. The maximum atomic E-state index is 14.3. The number of urea groups is 1. The summed E-state index contributed by atoms with van der Waals surface area (Å²) in [6.07, 6.45) is 1.52. The number of nitrogens with one attached hydrogen (secondary N) is 2. The first-order chi connectivity index (χ1) is 15.7. The minimum Gasteiger partial charge on any atom is -0.383 e. The lowest BCUT2D eigenvalue weighted by molar-refractivity contribution is 0.0664. The fourth-order valence-electron chi connectivity index (χ4n) is 3.76. The molecule has 1 fully saturated rings. The van der Waals surface area contributed by atoms with Gasteiger partial charge in [0.2, 0.25) is 10.0 Å². The number of methoxy groups -OCH3 is 1. The number of ether oxygens (including phenoxy) is 1. The number of carbonyl (C=O) groups is 1. The predicted molar refractivity (Wildman–Crippen MR) is 125 cm³/mol. The van der Waals surface area contributed by atoms with E-state index in [0.29, 0.717) is 38.5 Å². The number of piperazine rings is 1. The van der Waals surface area contributed by atoms with Gasteiger partial charge in [-0.05, 0) is 43.7 Å².